The smallest absolute Gasteiger partial charge is 0.276 e. The average Bonchev–Trinajstić information content (AvgIpc) is 2.46. The van der Waals surface area contributed by atoms with Crippen molar-refractivity contribution in [1.82, 2.24) is 9.97 Å². The highest BCUT2D eigenvalue weighted by atomic mass is 127. The van der Waals surface area contributed by atoms with Crippen molar-refractivity contribution in [3.8, 4) is 0 Å². The molecule has 0 fully saturated rings. The van der Waals surface area contributed by atoms with E-state index in [2.05, 4.69) is 43.2 Å². The molecule has 0 aliphatic carbocycles. The van der Waals surface area contributed by atoms with E-state index in [0.717, 1.165) is 9.26 Å². The number of rotatable bonds is 4. The maximum atomic E-state index is 12.4. The molecule has 1 amide bonds. The van der Waals surface area contributed by atoms with E-state index in [1.165, 1.54) is 0 Å². The summed E-state index contributed by atoms with van der Waals surface area (Å²) in [6.45, 7) is 3.99. The third kappa shape index (κ3) is 3.90. The highest BCUT2D eigenvalue weighted by Gasteiger charge is 2.16. The monoisotopic (exact) mass is 396 g/mol. The number of halogens is 1. The maximum Gasteiger partial charge on any atom is 0.276 e. The predicted molar refractivity (Wildman–Crippen MR) is 92.8 cm³/mol. The van der Waals surface area contributed by atoms with Gasteiger partial charge in [-0.1, -0.05) is 19.9 Å². The van der Waals surface area contributed by atoms with E-state index >= 15 is 0 Å². The van der Waals surface area contributed by atoms with Crippen LogP contribution >= 0.6 is 22.6 Å². The fourth-order valence-corrected chi connectivity index (χ4v) is 2.33. The Hall–Kier alpha value is -1.70. The molecule has 0 aliphatic heterocycles. The van der Waals surface area contributed by atoms with Gasteiger partial charge in [-0.3, -0.25) is 4.79 Å². The van der Waals surface area contributed by atoms with E-state index in [0.29, 0.717) is 17.2 Å². The van der Waals surface area contributed by atoms with Gasteiger partial charge in [-0.15, -0.1) is 0 Å². The Morgan fingerprint density at radius 1 is 1.33 bits per heavy atom. The molecule has 110 valence electrons. The minimum absolute atomic E-state index is 0.167. The van der Waals surface area contributed by atoms with Crippen LogP contribution in [0, 0.1) is 3.57 Å². The van der Waals surface area contributed by atoms with Gasteiger partial charge in [0.1, 0.15) is 5.82 Å². The number of nitrogens with one attached hydrogen (secondary N) is 2. The zero-order chi connectivity index (χ0) is 15.4. The summed E-state index contributed by atoms with van der Waals surface area (Å²) in [5, 5.41) is 5.82. The van der Waals surface area contributed by atoms with Gasteiger partial charge in [-0.2, -0.15) is 0 Å². The number of carbonyl (C=O) groups is 1. The summed E-state index contributed by atoms with van der Waals surface area (Å²) in [6, 6.07) is 7.62. The number of carbonyl (C=O) groups excluding carboxylic acids is 1. The average molecular weight is 396 g/mol. The molecular formula is C15H17IN4O. The molecule has 1 aromatic heterocycles. The van der Waals surface area contributed by atoms with Gasteiger partial charge in [0.05, 0.1) is 11.9 Å². The van der Waals surface area contributed by atoms with Crippen molar-refractivity contribution in [3.05, 3.63) is 45.6 Å². The molecule has 0 unspecified atom stereocenters. The minimum atomic E-state index is -0.245. The molecule has 2 rings (SSSR count). The molecule has 0 radical (unpaired) electrons. The fraction of sp³-hybridized carbons (Fsp3) is 0.267. The molecule has 0 aliphatic rings. The van der Waals surface area contributed by atoms with E-state index in [1.807, 2.05) is 38.1 Å². The van der Waals surface area contributed by atoms with Crippen molar-refractivity contribution >= 4 is 39.9 Å². The van der Waals surface area contributed by atoms with Gasteiger partial charge in [0.25, 0.3) is 5.91 Å². The first kappa shape index (κ1) is 15.7. The van der Waals surface area contributed by atoms with Crippen molar-refractivity contribution in [3.63, 3.8) is 0 Å². The summed E-state index contributed by atoms with van der Waals surface area (Å²) in [6.07, 6.45) is 1.64. The standard InChI is InChI=1S/C15H17IN4O/c1-9(2)14-18-8-12(17-3)13(20-14)15(21)19-11-6-4-5-10(16)7-11/h4-9,17H,1-3H3,(H,19,21). The highest BCUT2D eigenvalue weighted by Crippen LogP contribution is 2.18. The van der Waals surface area contributed by atoms with Gasteiger partial charge >= 0.3 is 0 Å². The molecule has 2 aromatic rings. The third-order valence-corrected chi connectivity index (χ3v) is 3.56. The van der Waals surface area contributed by atoms with Crippen molar-refractivity contribution in [1.29, 1.82) is 0 Å². The second-order valence-electron chi connectivity index (χ2n) is 4.86. The number of amides is 1. The number of nitrogens with zero attached hydrogens (tertiary/aromatic N) is 2. The Bertz CT molecular complexity index is 658. The summed E-state index contributed by atoms with van der Waals surface area (Å²) in [4.78, 5) is 21.1. The predicted octanol–water partition coefficient (Wildman–Crippen LogP) is 3.50. The van der Waals surface area contributed by atoms with E-state index in [4.69, 9.17) is 0 Å². The van der Waals surface area contributed by atoms with Crippen molar-refractivity contribution in [2.24, 2.45) is 0 Å². The van der Waals surface area contributed by atoms with E-state index in [-0.39, 0.29) is 11.8 Å². The summed E-state index contributed by atoms with van der Waals surface area (Å²) < 4.78 is 1.06. The van der Waals surface area contributed by atoms with Crippen LogP contribution in [-0.2, 0) is 0 Å². The fourth-order valence-electron chi connectivity index (χ4n) is 1.79. The Labute approximate surface area is 137 Å². The maximum absolute atomic E-state index is 12.4. The molecular weight excluding hydrogens is 379 g/mol. The Morgan fingerprint density at radius 2 is 2.10 bits per heavy atom. The molecule has 1 heterocycles. The van der Waals surface area contributed by atoms with Gasteiger partial charge in [0, 0.05) is 22.2 Å². The van der Waals surface area contributed by atoms with Crippen LogP contribution in [0.4, 0.5) is 11.4 Å². The van der Waals surface area contributed by atoms with E-state index in [1.54, 1.807) is 13.2 Å². The van der Waals surface area contributed by atoms with Crippen LogP contribution in [0.1, 0.15) is 36.1 Å². The van der Waals surface area contributed by atoms with Crippen molar-refractivity contribution in [2.45, 2.75) is 19.8 Å². The number of hydrogen-bond donors (Lipinski definition) is 2. The molecule has 21 heavy (non-hydrogen) atoms. The molecule has 0 saturated carbocycles. The van der Waals surface area contributed by atoms with Crippen molar-refractivity contribution in [2.75, 3.05) is 17.7 Å². The lowest BCUT2D eigenvalue weighted by Gasteiger charge is -2.11. The second kappa shape index (κ2) is 6.84. The van der Waals surface area contributed by atoms with Crippen LogP contribution < -0.4 is 10.6 Å². The zero-order valence-electron chi connectivity index (χ0n) is 12.1. The normalized spacial score (nSPS) is 10.5. The van der Waals surface area contributed by atoms with Crippen LogP contribution in [-0.4, -0.2) is 22.9 Å². The van der Waals surface area contributed by atoms with E-state index < -0.39 is 0 Å². The summed E-state index contributed by atoms with van der Waals surface area (Å²) in [5.74, 6) is 0.576. The highest BCUT2D eigenvalue weighted by molar-refractivity contribution is 14.1. The first-order chi connectivity index (χ1) is 10.0. The van der Waals surface area contributed by atoms with Gasteiger partial charge in [0.15, 0.2) is 5.69 Å². The first-order valence-electron chi connectivity index (χ1n) is 6.63. The summed E-state index contributed by atoms with van der Waals surface area (Å²) in [7, 11) is 1.75. The topological polar surface area (TPSA) is 66.9 Å². The van der Waals surface area contributed by atoms with Crippen LogP contribution in [0.15, 0.2) is 30.5 Å². The van der Waals surface area contributed by atoms with Crippen LogP contribution in [0.25, 0.3) is 0 Å². The van der Waals surface area contributed by atoms with E-state index in [9.17, 15) is 4.79 Å². The molecule has 5 nitrogen and oxygen atoms in total. The molecule has 0 bridgehead atoms. The molecule has 0 saturated heterocycles. The molecule has 0 atom stereocenters. The van der Waals surface area contributed by atoms with Gasteiger partial charge in [-0.25, -0.2) is 9.97 Å². The van der Waals surface area contributed by atoms with Crippen LogP contribution in [0.2, 0.25) is 0 Å². The second-order valence-corrected chi connectivity index (χ2v) is 6.11. The Balaban J connectivity index is 2.31. The Morgan fingerprint density at radius 3 is 2.71 bits per heavy atom. The first-order valence-corrected chi connectivity index (χ1v) is 7.70. The number of aromatic nitrogens is 2. The van der Waals surface area contributed by atoms with Gasteiger partial charge in [-0.05, 0) is 40.8 Å². The number of hydrogen-bond acceptors (Lipinski definition) is 4. The third-order valence-electron chi connectivity index (χ3n) is 2.89. The summed E-state index contributed by atoms with van der Waals surface area (Å²) in [5.41, 5.74) is 1.72. The molecule has 2 N–H and O–H groups in total. The van der Waals surface area contributed by atoms with Gasteiger partial charge < -0.3 is 10.6 Å². The lowest BCUT2D eigenvalue weighted by atomic mass is 10.2. The quantitative estimate of drug-likeness (QED) is 0.777. The molecule has 6 heteroatoms. The molecule has 1 aromatic carbocycles. The number of anilines is 2. The minimum Gasteiger partial charge on any atom is -0.385 e. The lowest BCUT2D eigenvalue weighted by molar-refractivity contribution is 0.102. The number of benzene rings is 1. The van der Waals surface area contributed by atoms with Crippen molar-refractivity contribution < 1.29 is 4.79 Å². The zero-order valence-corrected chi connectivity index (χ0v) is 14.3. The lowest BCUT2D eigenvalue weighted by Crippen LogP contribution is -2.18. The summed E-state index contributed by atoms with van der Waals surface area (Å²) >= 11 is 2.21. The Kier molecular flexibility index (Phi) is 5.11. The van der Waals surface area contributed by atoms with Gasteiger partial charge in [0.2, 0.25) is 0 Å². The van der Waals surface area contributed by atoms with Crippen LogP contribution in [0.3, 0.4) is 0 Å². The molecule has 0 spiro atoms. The SMILES string of the molecule is CNc1cnc(C(C)C)nc1C(=O)Nc1cccc(I)c1. The van der Waals surface area contributed by atoms with Crippen LogP contribution in [0.5, 0.6) is 0 Å². The largest absolute Gasteiger partial charge is 0.385 e.